The first kappa shape index (κ1) is 20.5. The standard InChI is InChI=1S/C24H28N4O/c1-19-7-6-10-23(20(19)2)28-15-13-27(14-16-28)18-22(17-25)24(29)26-12-11-21-8-4-3-5-9-21/h3-10,18H,11-16H2,1-2H3,(H,26,29)/b22-18-. The molecule has 0 aromatic heterocycles. The zero-order valence-electron chi connectivity index (χ0n) is 17.2. The average molecular weight is 389 g/mol. The molecule has 3 rings (SSSR count). The molecule has 1 aliphatic rings. The van der Waals surface area contributed by atoms with Crippen molar-refractivity contribution < 1.29 is 4.79 Å². The summed E-state index contributed by atoms with van der Waals surface area (Å²) in [7, 11) is 0. The molecule has 150 valence electrons. The molecule has 2 aromatic carbocycles. The second-order valence-corrected chi connectivity index (χ2v) is 7.39. The second-order valence-electron chi connectivity index (χ2n) is 7.39. The summed E-state index contributed by atoms with van der Waals surface area (Å²) in [5.74, 6) is -0.305. The minimum Gasteiger partial charge on any atom is -0.373 e. The van der Waals surface area contributed by atoms with Gasteiger partial charge in [-0.2, -0.15) is 5.26 Å². The maximum Gasteiger partial charge on any atom is 0.263 e. The van der Waals surface area contributed by atoms with Crippen LogP contribution in [-0.2, 0) is 11.2 Å². The van der Waals surface area contributed by atoms with Gasteiger partial charge in [-0.1, -0.05) is 42.5 Å². The van der Waals surface area contributed by atoms with Gasteiger partial charge in [0.25, 0.3) is 5.91 Å². The van der Waals surface area contributed by atoms with E-state index in [1.165, 1.54) is 16.8 Å². The molecular weight excluding hydrogens is 360 g/mol. The largest absolute Gasteiger partial charge is 0.373 e. The summed E-state index contributed by atoms with van der Waals surface area (Å²) in [5, 5.41) is 12.3. The molecule has 1 amide bonds. The van der Waals surface area contributed by atoms with Gasteiger partial charge in [0.1, 0.15) is 11.6 Å². The number of nitrogens with zero attached hydrogens (tertiary/aromatic N) is 3. The molecule has 29 heavy (non-hydrogen) atoms. The molecule has 1 N–H and O–H groups in total. The van der Waals surface area contributed by atoms with Gasteiger partial charge in [-0.05, 0) is 43.0 Å². The van der Waals surface area contributed by atoms with Crippen molar-refractivity contribution in [1.29, 1.82) is 5.26 Å². The smallest absolute Gasteiger partial charge is 0.263 e. The Bertz CT molecular complexity index is 906. The molecule has 2 aromatic rings. The number of hydrogen-bond donors (Lipinski definition) is 1. The lowest BCUT2D eigenvalue weighted by Crippen LogP contribution is -2.44. The predicted molar refractivity (Wildman–Crippen MR) is 117 cm³/mol. The molecule has 0 saturated carbocycles. The summed E-state index contributed by atoms with van der Waals surface area (Å²) in [4.78, 5) is 16.8. The second kappa shape index (κ2) is 9.79. The first-order valence-corrected chi connectivity index (χ1v) is 10.1. The molecular formula is C24H28N4O. The number of anilines is 1. The van der Waals surface area contributed by atoms with Gasteiger partial charge in [0.2, 0.25) is 0 Å². The molecule has 0 atom stereocenters. The highest BCUT2D eigenvalue weighted by atomic mass is 16.1. The fraction of sp³-hybridized carbons (Fsp3) is 0.333. The Hall–Kier alpha value is -3.26. The third kappa shape index (κ3) is 5.39. The van der Waals surface area contributed by atoms with E-state index >= 15 is 0 Å². The van der Waals surface area contributed by atoms with Crippen LogP contribution in [0.5, 0.6) is 0 Å². The summed E-state index contributed by atoms with van der Waals surface area (Å²) < 4.78 is 0. The summed E-state index contributed by atoms with van der Waals surface area (Å²) >= 11 is 0. The highest BCUT2D eigenvalue weighted by molar-refractivity contribution is 5.97. The minimum atomic E-state index is -0.305. The van der Waals surface area contributed by atoms with Gasteiger partial charge in [-0.25, -0.2) is 0 Å². The summed E-state index contributed by atoms with van der Waals surface area (Å²) in [6.07, 6.45) is 2.46. The fourth-order valence-electron chi connectivity index (χ4n) is 3.55. The van der Waals surface area contributed by atoms with Gasteiger partial charge in [-0.15, -0.1) is 0 Å². The van der Waals surface area contributed by atoms with E-state index < -0.39 is 0 Å². The molecule has 5 nitrogen and oxygen atoms in total. The topological polar surface area (TPSA) is 59.4 Å². The number of rotatable bonds is 6. The lowest BCUT2D eigenvalue weighted by atomic mass is 10.1. The Morgan fingerprint density at radius 3 is 2.48 bits per heavy atom. The van der Waals surface area contributed by atoms with Crippen molar-refractivity contribution in [3.05, 3.63) is 77.0 Å². The van der Waals surface area contributed by atoms with Gasteiger partial charge in [0, 0.05) is 44.6 Å². The van der Waals surface area contributed by atoms with Gasteiger partial charge < -0.3 is 15.1 Å². The Kier molecular flexibility index (Phi) is 6.91. The van der Waals surface area contributed by atoms with E-state index in [1.54, 1.807) is 6.20 Å². The summed E-state index contributed by atoms with van der Waals surface area (Å²) in [5.41, 5.74) is 5.21. The van der Waals surface area contributed by atoms with Crippen molar-refractivity contribution >= 4 is 11.6 Å². The highest BCUT2D eigenvalue weighted by Crippen LogP contribution is 2.24. The van der Waals surface area contributed by atoms with E-state index in [2.05, 4.69) is 53.2 Å². The first-order chi connectivity index (χ1) is 14.1. The van der Waals surface area contributed by atoms with Crippen LogP contribution in [-0.4, -0.2) is 43.5 Å². The molecule has 1 fully saturated rings. The highest BCUT2D eigenvalue weighted by Gasteiger charge is 2.19. The van der Waals surface area contributed by atoms with E-state index in [1.807, 2.05) is 30.3 Å². The van der Waals surface area contributed by atoms with Crippen molar-refractivity contribution in [3.8, 4) is 6.07 Å². The van der Waals surface area contributed by atoms with Crippen LogP contribution in [0.15, 0.2) is 60.3 Å². The van der Waals surface area contributed by atoms with Crippen LogP contribution < -0.4 is 10.2 Å². The van der Waals surface area contributed by atoms with Crippen molar-refractivity contribution in [1.82, 2.24) is 10.2 Å². The van der Waals surface area contributed by atoms with Crippen molar-refractivity contribution in [2.24, 2.45) is 0 Å². The summed E-state index contributed by atoms with van der Waals surface area (Å²) in [6.45, 7) is 8.12. The van der Waals surface area contributed by atoms with E-state index in [0.717, 1.165) is 38.2 Å². The molecule has 1 heterocycles. The third-order valence-electron chi connectivity index (χ3n) is 5.45. The number of hydrogen-bond acceptors (Lipinski definition) is 4. The number of amides is 1. The Morgan fingerprint density at radius 1 is 1.07 bits per heavy atom. The third-order valence-corrected chi connectivity index (χ3v) is 5.45. The lowest BCUT2D eigenvalue weighted by molar-refractivity contribution is -0.117. The Balaban J connectivity index is 1.53. The van der Waals surface area contributed by atoms with E-state index in [0.29, 0.717) is 6.54 Å². The van der Waals surface area contributed by atoms with Gasteiger partial charge in [0.05, 0.1) is 0 Å². The van der Waals surface area contributed by atoms with Crippen LogP contribution in [0.25, 0.3) is 0 Å². The van der Waals surface area contributed by atoms with Crippen molar-refractivity contribution in [3.63, 3.8) is 0 Å². The Morgan fingerprint density at radius 2 is 1.79 bits per heavy atom. The molecule has 0 aliphatic carbocycles. The monoisotopic (exact) mass is 388 g/mol. The molecule has 0 radical (unpaired) electrons. The quantitative estimate of drug-likeness (QED) is 0.610. The van der Waals surface area contributed by atoms with E-state index in [4.69, 9.17) is 0 Å². The molecule has 0 bridgehead atoms. The molecule has 1 aliphatic heterocycles. The SMILES string of the molecule is Cc1cccc(N2CCN(/C=C(/C#N)C(=O)NCCc3ccccc3)CC2)c1C. The predicted octanol–water partition coefficient (Wildman–Crippen LogP) is 3.19. The van der Waals surface area contributed by atoms with Crippen molar-refractivity contribution in [2.75, 3.05) is 37.6 Å². The number of nitriles is 1. The molecule has 0 unspecified atom stereocenters. The first-order valence-electron chi connectivity index (χ1n) is 10.1. The molecule has 0 spiro atoms. The number of piperazine rings is 1. The van der Waals surface area contributed by atoms with Crippen molar-refractivity contribution in [2.45, 2.75) is 20.3 Å². The zero-order valence-corrected chi connectivity index (χ0v) is 17.2. The number of carbonyl (C=O) groups excluding carboxylic acids is 1. The maximum absolute atomic E-state index is 12.4. The van der Waals surface area contributed by atoms with E-state index in [9.17, 15) is 10.1 Å². The van der Waals surface area contributed by atoms with Crippen LogP contribution in [0, 0.1) is 25.2 Å². The minimum absolute atomic E-state index is 0.165. The van der Waals surface area contributed by atoms with Crippen LogP contribution in [0.1, 0.15) is 16.7 Å². The summed E-state index contributed by atoms with van der Waals surface area (Å²) in [6, 6.07) is 18.4. The number of benzene rings is 2. The van der Waals surface area contributed by atoms with Crippen LogP contribution >= 0.6 is 0 Å². The van der Waals surface area contributed by atoms with Crippen LogP contribution in [0.3, 0.4) is 0 Å². The number of carbonyl (C=O) groups is 1. The normalized spacial score (nSPS) is 14.4. The van der Waals surface area contributed by atoms with E-state index in [-0.39, 0.29) is 11.5 Å². The average Bonchev–Trinajstić information content (AvgIpc) is 2.75. The van der Waals surface area contributed by atoms with Crippen LogP contribution in [0.2, 0.25) is 0 Å². The van der Waals surface area contributed by atoms with Gasteiger partial charge in [0.15, 0.2) is 0 Å². The molecule has 1 saturated heterocycles. The van der Waals surface area contributed by atoms with Gasteiger partial charge >= 0.3 is 0 Å². The number of nitrogens with one attached hydrogen (secondary N) is 1. The fourth-order valence-corrected chi connectivity index (χ4v) is 3.55. The lowest BCUT2D eigenvalue weighted by Gasteiger charge is -2.36. The zero-order chi connectivity index (χ0) is 20.6. The van der Waals surface area contributed by atoms with Gasteiger partial charge in [-0.3, -0.25) is 4.79 Å². The maximum atomic E-state index is 12.4. The molecule has 5 heteroatoms. The Labute approximate surface area is 173 Å². The number of aryl methyl sites for hydroxylation is 1. The van der Waals surface area contributed by atoms with Crippen LogP contribution in [0.4, 0.5) is 5.69 Å².